The minimum absolute atomic E-state index is 0.0572. The fraction of sp³-hybridized carbons (Fsp3) is 0.565. The highest BCUT2D eigenvalue weighted by Crippen LogP contribution is 2.35. The first-order valence-electron chi connectivity index (χ1n) is 11.2. The van der Waals surface area contributed by atoms with Crippen molar-refractivity contribution in [3.8, 4) is 11.5 Å². The molecule has 2 amide bonds. The predicted octanol–water partition coefficient (Wildman–Crippen LogP) is 3.63. The highest BCUT2D eigenvalue weighted by molar-refractivity contribution is 5.92. The number of carbonyl (C=O) groups excluding carboxylic acids is 2. The molecule has 0 bridgehead atoms. The lowest BCUT2D eigenvalue weighted by Gasteiger charge is -2.37. The Bertz CT molecular complexity index is 910. The van der Waals surface area contributed by atoms with E-state index in [1.54, 1.807) is 4.90 Å². The molecule has 1 unspecified atom stereocenters. The van der Waals surface area contributed by atoms with Crippen molar-refractivity contribution in [2.45, 2.75) is 51.1 Å². The molecular weight excluding hydrogens is 430 g/mol. The summed E-state index contributed by atoms with van der Waals surface area (Å²) >= 11 is 0. The van der Waals surface area contributed by atoms with Crippen molar-refractivity contribution in [2.24, 2.45) is 0 Å². The molecular formula is C23H31N3O7. The molecule has 3 rings (SSSR count). The third kappa shape index (κ3) is 5.55. The molecule has 1 aromatic carbocycles. The number of unbranched alkanes of at least 4 members (excludes halogenated alkanes) is 1. The van der Waals surface area contributed by atoms with E-state index < -0.39 is 4.92 Å². The number of nitro groups is 1. The normalized spacial score (nSPS) is 19.1. The standard InChI is InChI=1S/C23H31N3O7/c1-4-5-6-18-15-33-23(28)25(18)17-9-11-24(12-10-17)22(27)8-7-16-13-20(31-2)21(32-3)14-19(16)26(29)30/h7-8,13-14,17-18H,4-6,9-12,15H2,1-3H3. The van der Waals surface area contributed by atoms with Crippen LogP contribution in [0.3, 0.4) is 0 Å². The number of nitro benzene ring substituents is 1. The lowest BCUT2D eigenvalue weighted by molar-refractivity contribution is -0.385. The van der Waals surface area contributed by atoms with E-state index in [0.29, 0.717) is 38.3 Å². The smallest absolute Gasteiger partial charge is 0.410 e. The number of methoxy groups -OCH3 is 2. The van der Waals surface area contributed by atoms with Gasteiger partial charge in [0.2, 0.25) is 5.91 Å². The van der Waals surface area contributed by atoms with Crippen molar-refractivity contribution in [1.82, 2.24) is 9.80 Å². The Hall–Kier alpha value is -3.30. The summed E-state index contributed by atoms with van der Waals surface area (Å²) in [7, 11) is 2.84. The van der Waals surface area contributed by atoms with E-state index in [-0.39, 0.29) is 41.1 Å². The summed E-state index contributed by atoms with van der Waals surface area (Å²) in [6.07, 6.45) is 6.88. The van der Waals surface area contributed by atoms with Crippen molar-refractivity contribution in [3.05, 3.63) is 33.9 Å². The Morgan fingerprint density at radius 2 is 1.91 bits per heavy atom. The highest BCUT2D eigenvalue weighted by atomic mass is 16.6. The Morgan fingerprint density at radius 1 is 1.24 bits per heavy atom. The molecule has 2 heterocycles. The SMILES string of the molecule is CCCCC1COC(=O)N1C1CCN(C(=O)C=Cc2cc(OC)c(OC)cc2[N+](=O)[O-])CC1. The van der Waals surface area contributed by atoms with E-state index in [2.05, 4.69) is 6.92 Å². The highest BCUT2D eigenvalue weighted by Gasteiger charge is 2.39. The molecule has 0 aliphatic carbocycles. The first-order valence-corrected chi connectivity index (χ1v) is 11.2. The first kappa shape index (κ1) is 24.3. The monoisotopic (exact) mass is 461 g/mol. The summed E-state index contributed by atoms with van der Waals surface area (Å²) in [5.74, 6) is 0.350. The number of benzene rings is 1. The quantitative estimate of drug-likeness (QED) is 0.314. The van der Waals surface area contributed by atoms with Gasteiger partial charge in [0.25, 0.3) is 5.69 Å². The molecule has 10 heteroatoms. The number of piperidine rings is 1. The molecule has 2 aliphatic rings. The Morgan fingerprint density at radius 3 is 2.52 bits per heavy atom. The van der Waals surface area contributed by atoms with Crippen LogP contribution in [-0.4, -0.2) is 72.7 Å². The van der Waals surface area contributed by atoms with Gasteiger partial charge in [-0.3, -0.25) is 19.8 Å². The second kappa shape index (κ2) is 11.0. The molecule has 0 saturated carbocycles. The molecule has 0 radical (unpaired) electrons. The van der Waals surface area contributed by atoms with Gasteiger partial charge in [-0.25, -0.2) is 4.79 Å². The summed E-state index contributed by atoms with van der Waals surface area (Å²) < 4.78 is 15.6. The first-order chi connectivity index (χ1) is 15.9. The fourth-order valence-electron chi connectivity index (χ4n) is 4.39. The maximum Gasteiger partial charge on any atom is 0.410 e. The molecule has 2 saturated heterocycles. The summed E-state index contributed by atoms with van der Waals surface area (Å²) in [6, 6.07) is 2.91. The summed E-state index contributed by atoms with van der Waals surface area (Å²) in [5, 5.41) is 11.5. The predicted molar refractivity (Wildman–Crippen MR) is 121 cm³/mol. The van der Waals surface area contributed by atoms with Gasteiger partial charge in [0.1, 0.15) is 6.61 Å². The van der Waals surface area contributed by atoms with Crippen LogP contribution < -0.4 is 9.47 Å². The number of nitrogens with zero attached hydrogens (tertiary/aromatic N) is 3. The second-order valence-corrected chi connectivity index (χ2v) is 8.19. The van der Waals surface area contributed by atoms with Crippen LogP contribution in [0, 0.1) is 10.1 Å². The molecule has 0 spiro atoms. The second-order valence-electron chi connectivity index (χ2n) is 8.19. The van der Waals surface area contributed by atoms with Gasteiger partial charge in [-0.2, -0.15) is 0 Å². The van der Waals surface area contributed by atoms with E-state index in [1.165, 1.54) is 38.5 Å². The number of rotatable bonds is 9. The average Bonchev–Trinajstić information content (AvgIpc) is 3.20. The third-order valence-corrected chi connectivity index (χ3v) is 6.20. The Balaban J connectivity index is 1.65. The van der Waals surface area contributed by atoms with Crippen molar-refractivity contribution in [1.29, 1.82) is 0 Å². The van der Waals surface area contributed by atoms with Gasteiger partial charge in [-0.1, -0.05) is 19.8 Å². The molecule has 10 nitrogen and oxygen atoms in total. The summed E-state index contributed by atoms with van der Waals surface area (Å²) in [5.41, 5.74) is 0.0699. The number of amides is 2. The van der Waals surface area contributed by atoms with Crippen molar-refractivity contribution < 1.29 is 28.7 Å². The third-order valence-electron chi connectivity index (χ3n) is 6.20. The van der Waals surface area contributed by atoms with Crippen molar-refractivity contribution in [3.63, 3.8) is 0 Å². The van der Waals surface area contributed by atoms with Crippen LogP contribution in [0.25, 0.3) is 6.08 Å². The minimum atomic E-state index is -0.526. The molecule has 2 fully saturated rings. The van der Waals surface area contributed by atoms with E-state index in [0.717, 1.165) is 19.3 Å². The fourth-order valence-corrected chi connectivity index (χ4v) is 4.39. The molecule has 2 aliphatic heterocycles. The largest absolute Gasteiger partial charge is 0.493 e. The molecule has 33 heavy (non-hydrogen) atoms. The van der Waals surface area contributed by atoms with Gasteiger partial charge in [0.15, 0.2) is 11.5 Å². The van der Waals surface area contributed by atoms with Crippen LogP contribution in [0.5, 0.6) is 11.5 Å². The lowest BCUT2D eigenvalue weighted by atomic mass is 10.00. The maximum absolute atomic E-state index is 12.7. The zero-order valence-corrected chi connectivity index (χ0v) is 19.3. The van der Waals surface area contributed by atoms with Crippen LogP contribution in [0.15, 0.2) is 18.2 Å². The van der Waals surface area contributed by atoms with E-state index in [1.807, 2.05) is 4.90 Å². The number of carbonyl (C=O) groups is 2. The number of ether oxygens (including phenoxy) is 3. The van der Waals surface area contributed by atoms with Crippen LogP contribution in [-0.2, 0) is 9.53 Å². The molecule has 0 aromatic heterocycles. The minimum Gasteiger partial charge on any atom is -0.493 e. The zero-order chi connectivity index (χ0) is 24.0. The van der Waals surface area contributed by atoms with Gasteiger partial charge >= 0.3 is 6.09 Å². The summed E-state index contributed by atoms with van der Waals surface area (Å²) in [6.45, 7) is 3.57. The zero-order valence-electron chi connectivity index (χ0n) is 19.3. The van der Waals surface area contributed by atoms with E-state index in [9.17, 15) is 19.7 Å². The topological polar surface area (TPSA) is 111 Å². The lowest BCUT2D eigenvalue weighted by Crippen LogP contribution is -2.49. The average molecular weight is 462 g/mol. The van der Waals surface area contributed by atoms with Crippen LogP contribution in [0.1, 0.15) is 44.6 Å². The van der Waals surface area contributed by atoms with Gasteiger partial charge in [0.05, 0.1) is 36.8 Å². The maximum atomic E-state index is 12.7. The number of hydrogen-bond acceptors (Lipinski definition) is 7. The van der Waals surface area contributed by atoms with E-state index >= 15 is 0 Å². The Kier molecular flexibility index (Phi) is 8.13. The molecule has 1 atom stereocenters. The Labute approximate surface area is 193 Å². The van der Waals surface area contributed by atoms with Gasteiger partial charge in [-0.05, 0) is 31.4 Å². The molecule has 0 N–H and O–H groups in total. The van der Waals surface area contributed by atoms with E-state index in [4.69, 9.17) is 14.2 Å². The van der Waals surface area contributed by atoms with Crippen molar-refractivity contribution >= 4 is 23.8 Å². The number of cyclic esters (lactones) is 1. The number of likely N-dealkylation sites (tertiary alicyclic amines) is 1. The van der Waals surface area contributed by atoms with Crippen LogP contribution >= 0.6 is 0 Å². The summed E-state index contributed by atoms with van der Waals surface area (Å²) in [4.78, 5) is 39.5. The van der Waals surface area contributed by atoms with Gasteiger partial charge in [0, 0.05) is 25.2 Å². The van der Waals surface area contributed by atoms with Crippen molar-refractivity contribution in [2.75, 3.05) is 33.9 Å². The number of hydrogen-bond donors (Lipinski definition) is 0. The van der Waals surface area contributed by atoms with Crippen LogP contribution in [0.2, 0.25) is 0 Å². The molecule has 180 valence electrons. The van der Waals surface area contributed by atoms with Crippen LogP contribution in [0.4, 0.5) is 10.5 Å². The van der Waals surface area contributed by atoms with Gasteiger partial charge < -0.3 is 19.1 Å². The van der Waals surface area contributed by atoms with Gasteiger partial charge in [-0.15, -0.1) is 0 Å². The molecule has 1 aromatic rings.